The van der Waals surface area contributed by atoms with Gasteiger partial charge in [-0.2, -0.15) is 5.10 Å². The minimum absolute atomic E-state index is 0. The normalized spacial score (nSPS) is 19.0. The molecule has 1 fully saturated rings. The van der Waals surface area contributed by atoms with Crippen LogP contribution in [0.2, 0.25) is 0 Å². The molecule has 0 bridgehead atoms. The fourth-order valence-electron chi connectivity index (χ4n) is 3.25. The number of aromatic amines is 1. The van der Waals surface area contributed by atoms with E-state index in [0.717, 1.165) is 16.2 Å². The second-order valence-corrected chi connectivity index (χ2v) is 9.50. The number of nitrogens with one attached hydrogen (secondary N) is 2. The van der Waals surface area contributed by atoms with Crippen molar-refractivity contribution in [2.75, 3.05) is 11.5 Å². The van der Waals surface area contributed by atoms with E-state index in [2.05, 4.69) is 20.5 Å². The average molecular weight is 526 g/mol. The van der Waals surface area contributed by atoms with Crippen molar-refractivity contribution in [1.29, 1.82) is 0 Å². The summed E-state index contributed by atoms with van der Waals surface area (Å²) in [6.45, 7) is 0. The van der Waals surface area contributed by atoms with Crippen molar-refractivity contribution >= 4 is 58.6 Å². The number of thiophene rings is 1. The van der Waals surface area contributed by atoms with Crippen LogP contribution in [0.4, 0.5) is 0 Å². The second-order valence-electron chi connectivity index (χ2n) is 6.51. The molecule has 33 heavy (non-hydrogen) atoms. The Hall–Kier alpha value is -0.840. The van der Waals surface area contributed by atoms with Gasteiger partial charge in [0, 0.05) is 11.5 Å². The van der Waals surface area contributed by atoms with Gasteiger partial charge in [0.15, 0.2) is 5.16 Å². The van der Waals surface area contributed by atoms with E-state index in [9.17, 15) is 29.4 Å². The number of H-pyrrole nitrogens is 1. The Balaban J connectivity index is 0.00000193. The average Bonchev–Trinajstić information content (AvgIpc) is 3.41. The molecular formula is C17H13N5Na2O6S3. The molecule has 0 spiro atoms. The number of hydrogen-bond donors (Lipinski definition) is 2. The van der Waals surface area contributed by atoms with E-state index in [1.54, 1.807) is 0 Å². The standard InChI is InChI=1S/C17H15N5O6S3.2Na/c23-9(3-7-1-2-29-12(7)16(27)28)20-10-13(24)22-11(15(25)26)8(4-30-14(10)22)5-31-17-18-6-19-21-17;;/h1-2,6,10,14H,3-5H2,(H,20,23)(H,25,26)(H,27,28)(H,18,19,21);;/q;2*+1/p-2/t10?,14-;;/m1../s1. The largest absolute Gasteiger partial charge is 1.00 e. The van der Waals surface area contributed by atoms with Crippen molar-refractivity contribution in [3.05, 3.63) is 39.5 Å². The molecule has 0 aliphatic carbocycles. The van der Waals surface area contributed by atoms with Crippen molar-refractivity contribution in [2.24, 2.45) is 0 Å². The molecule has 4 heterocycles. The second kappa shape index (κ2) is 12.2. The Kier molecular flexibility index (Phi) is 10.5. The molecule has 4 rings (SSSR count). The van der Waals surface area contributed by atoms with Crippen molar-refractivity contribution < 1.29 is 88.5 Å². The van der Waals surface area contributed by atoms with Crippen molar-refractivity contribution in [3.63, 3.8) is 0 Å². The summed E-state index contributed by atoms with van der Waals surface area (Å²) in [4.78, 5) is 52.9. The van der Waals surface area contributed by atoms with Crippen LogP contribution in [0.1, 0.15) is 15.2 Å². The number of carboxylic acid groups (broad SMARTS) is 2. The van der Waals surface area contributed by atoms with E-state index in [-0.39, 0.29) is 81.9 Å². The Bertz CT molecular complexity index is 1090. The predicted octanol–water partition coefficient (Wildman–Crippen LogP) is -8.02. The first-order chi connectivity index (χ1) is 14.9. The zero-order chi connectivity index (χ0) is 22.1. The third kappa shape index (κ3) is 6.05. The Morgan fingerprint density at radius 1 is 1.27 bits per heavy atom. The van der Waals surface area contributed by atoms with Gasteiger partial charge >= 0.3 is 59.1 Å². The molecule has 0 radical (unpaired) electrons. The molecule has 2 amide bonds. The van der Waals surface area contributed by atoms with Crippen LogP contribution in [0.5, 0.6) is 0 Å². The van der Waals surface area contributed by atoms with Crippen molar-refractivity contribution in [3.8, 4) is 0 Å². The molecule has 0 saturated carbocycles. The molecular weight excluding hydrogens is 512 g/mol. The third-order valence-electron chi connectivity index (χ3n) is 4.62. The molecule has 162 valence electrons. The molecule has 2 aromatic heterocycles. The first kappa shape index (κ1) is 28.4. The minimum Gasteiger partial charge on any atom is -0.544 e. The van der Waals surface area contributed by atoms with Crippen LogP contribution < -0.4 is 74.6 Å². The maximum absolute atomic E-state index is 12.6. The number of carbonyl (C=O) groups excluding carboxylic acids is 4. The van der Waals surface area contributed by atoms with E-state index in [1.165, 1.54) is 41.3 Å². The molecule has 2 atom stereocenters. The summed E-state index contributed by atoms with van der Waals surface area (Å²) in [7, 11) is 0. The predicted molar refractivity (Wildman–Crippen MR) is 107 cm³/mol. The van der Waals surface area contributed by atoms with Crippen LogP contribution in [-0.4, -0.2) is 66.8 Å². The van der Waals surface area contributed by atoms with E-state index in [0.29, 0.717) is 22.0 Å². The van der Waals surface area contributed by atoms with Crippen LogP contribution in [0, 0.1) is 0 Å². The van der Waals surface area contributed by atoms with Crippen LogP contribution >= 0.6 is 34.9 Å². The van der Waals surface area contributed by atoms with Crippen molar-refractivity contribution in [2.45, 2.75) is 23.0 Å². The number of nitrogens with zero attached hydrogens (tertiary/aromatic N) is 3. The van der Waals surface area contributed by atoms with Crippen LogP contribution in [0.25, 0.3) is 0 Å². The SMILES string of the molecule is O=C(Cc1ccsc1C(=O)[O-])NC1C(=O)N2C(C(=O)[O-])=C(CSc3ncn[nH]3)CS[C@H]12.[Na+].[Na+]. The summed E-state index contributed by atoms with van der Waals surface area (Å²) in [5.74, 6) is -3.31. The number of carboxylic acids is 2. The summed E-state index contributed by atoms with van der Waals surface area (Å²) in [6, 6.07) is 0.607. The topological polar surface area (TPSA) is 171 Å². The molecule has 2 N–H and O–H groups in total. The van der Waals surface area contributed by atoms with E-state index in [4.69, 9.17) is 0 Å². The zero-order valence-corrected chi connectivity index (χ0v) is 24.0. The number of aromatic carboxylic acids is 1. The first-order valence-corrected chi connectivity index (χ1v) is 11.7. The molecule has 0 aromatic carbocycles. The van der Waals surface area contributed by atoms with Gasteiger partial charge in [-0.15, -0.1) is 23.1 Å². The summed E-state index contributed by atoms with van der Waals surface area (Å²) in [6.07, 6.45) is 1.11. The van der Waals surface area contributed by atoms with E-state index < -0.39 is 35.2 Å². The zero-order valence-electron chi connectivity index (χ0n) is 17.5. The summed E-state index contributed by atoms with van der Waals surface area (Å²) < 4.78 is 0. The van der Waals surface area contributed by atoms with Gasteiger partial charge in [0.1, 0.15) is 17.7 Å². The van der Waals surface area contributed by atoms with Gasteiger partial charge in [-0.25, -0.2) is 4.98 Å². The van der Waals surface area contributed by atoms with Crippen molar-refractivity contribution in [1.82, 2.24) is 25.4 Å². The first-order valence-electron chi connectivity index (χ1n) is 8.80. The van der Waals surface area contributed by atoms with Crippen LogP contribution in [0.3, 0.4) is 0 Å². The summed E-state index contributed by atoms with van der Waals surface area (Å²) in [5, 5.41) is 33.3. The van der Waals surface area contributed by atoms with Gasteiger partial charge < -0.3 is 25.1 Å². The Morgan fingerprint density at radius 2 is 2.03 bits per heavy atom. The number of amides is 2. The van der Waals surface area contributed by atoms with Crippen LogP contribution in [-0.2, 0) is 20.8 Å². The number of hydrogen-bond acceptors (Lipinski definition) is 11. The van der Waals surface area contributed by atoms with Crippen LogP contribution in [0.15, 0.2) is 34.2 Å². The maximum Gasteiger partial charge on any atom is 1.00 e. The maximum atomic E-state index is 12.6. The Labute approximate surface area is 244 Å². The number of carbonyl (C=O) groups is 4. The number of aliphatic carboxylic acids is 1. The quantitative estimate of drug-likeness (QED) is 0.192. The molecule has 1 unspecified atom stereocenters. The molecule has 1 saturated heterocycles. The minimum atomic E-state index is -1.46. The third-order valence-corrected chi connectivity index (χ3v) is 7.86. The molecule has 16 heteroatoms. The Morgan fingerprint density at radius 3 is 2.67 bits per heavy atom. The van der Waals surface area contributed by atoms with Gasteiger partial charge in [0.25, 0.3) is 5.91 Å². The fraction of sp³-hybridized carbons (Fsp3) is 0.294. The summed E-state index contributed by atoms with van der Waals surface area (Å²) in [5.41, 5.74) is 0.616. The fourth-order valence-corrected chi connectivity index (χ4v) is 6.27. The molecule has 2 aliphatic heterocycles. The van der Waals surface area contributed by atoms with Gasteiger partial charge in [0.05, 0.1) is 28.9 Å². The van der Waals surface area contributed by atoms with Gasteiger partial charge in [-0.05, 0) is 22.6 Å². The monoisotopic (exact) mass is 525 g/mol. The smallest absolute Gasteiger partial charge is 0.544 e. The number of rotatable bonds is 8. The van der Waals surface area contributed by atoms with E-state index in [1.807, 2.05) is 0 Å². The molecule has 11 nitrogen and oxygen atoms in total. The number of fused-ring (bicyclic) bond motifs is 1. The number of aromatic nitrogens is 3. The van der Waals surface area contributed by atoms with Gasteiger partial charge in [0.2, 0.25) is 5.91 Å². The number of β-lactam (4-membered cyclic amide) rings is 1. The van der Waals surface area contributed by atoms with E-state index >= 15 is 0 Å². The molecule has 2 aliphatic rings. The summed E-state index contributed by atoms with van der Waals surface area (Å²) >= 11 is 3.53. The van der Waals surface area contributed by atoms with Gasteiger partial charge in [-0.3, -0.25) is 19.6 Å². The number of thioether (sulfide) groups is 2. The van der Waals surface area contributed by atoms with Gasteiger partial charge in [-0.1, -0.05) is 11.8 Å². The molecule has 2 aromatic rings.